The SMILES string of the molecule is CCNCc1cccc(CS(=O)(=O)N(C)C2CCCC2)c1. The van der Waals surface area contributed by atoms with Crippen LogP contribution in [0.5, 0.6) is 0 Å². The number of nitrogens with zero attached hydrogens (tertiary/aromatic N) is 1. The summed E-state index contributed by atoms with van der Waals surface area (Å²) in [7, 11) is -1.49. The van der Waals surface area contributed by atoms with Crippen molar-refractivity contribution in [2.24, 2.45) is 0 Å². The maximum absolute atomic E-state index is 12.5. The van der Waals surface area contributed by atoms with Crippen molar-refractivity contribution in [1.82, 2.24) is 9.62 Å². The fourth-order valence-corrected chi connectivity index (χ4v) is 4.38. The number of hydrogen-bond acceptors (Lipinski definition) is 3. The van der Waals surface area contributed by atoms with Crippen LogP contribution in [0.25, 0.3) is 0 Å². The Kier molecular flexibility index (Phi) is 5.79. The van der Waals surface area contributed by atoms with Gasteiger partial charge in [-0.15, -0.1) is 0 Å². The van der Waals surface area contributed by atoms with Crippen LogP contribution in [0.15, 0.2) is 24.3 Å². The summed E-state index contributed by atoms with van der Waals surface area (Å²) in [6, 6.07) is 8.05. The molecule has 0 heterocycles. The first kappa shape index (κ1) is 16.5. The molecule has 1 aromatic rings. The van der Waals surface area contributed by atoms with E-state index in [1.165, 1.54) is 0 Å². The Bertz CT molecular complexity index is 551. The molecule has 0 atom stereocenters. The van der Waals surface area contributed by atoms with Crippen molar-refractivity contribution in [2.45, 2.75) is 50.9 Å². The van der Waals surface area contributed by atoms with Crippen LogP contribution in [0.4, 0.5) is 0 Å². The van der Waals surface area contributed by atoms with Gasteiger partial charge in [-0.3, -0.25) is 0 Å². The second-order valence-electron chi connectivity index (χ2n) is 5.81. The molecule has 0 unspecified atom stereocenters. The van der Waals surface area contributed by atoms with Gasteiger partial charge in [0, 0.05) is 19.6 Å². The van der Waals surface area contributed by atoms with Gasteiger partial charge in [-0.25, -0.2) is 12.7 Å². The lowest BCUT2D eigenvalue weighted by atomic mass is 10.1. The largest absolute Gasteiger partial charge is 0.313 e. The summed E-state index contributed by atoms with van der Waals surface area (Å²) in [5.74, 6) is 0.0972. The molecule has 0 aromatic heterocycles. The van der Waals surface area contributed by atoms with Gasteiger partial charge in [-0.05, 0) is 30.5 Å². The Morgan fingerprint density at radius 3 is 2.57 bits per heavy atom. The highest BCUT2D eigenvalue weighted by molar-refractivity contribution is 7.88. The maximum Gasteiger partial charge on any atom is 0.218 e. The summed E-state index contributed by atoms with van der Waals surface area (Å²) in [6.07, 6.45) is 4.28. The minimum atomic E-state index is -3.22. The monoisotopic (exact) mass is 310 g/mol. The van der Waals surface area contributed by atoms with E-state index in [0.29, 0.717) is 0 Å². The summed E-state index contributed by atoms with van der Waals surface area (Å²) in [4.78, 5) is 0. The van der Waals surface area contributed by atoms with Gasteiger partial charge in [0.05, 0.1) is 5.75 Å². The molecular formula is C16H26N2O2S. The number of benzene rings is 1. The molecule has 4 nitrogen and oxygen atoms in total. The lowest BCUT2D eigenvalue weighted by Crippen LogP contribution is -2.36. The first-order valence-corrected chi connectivity index (χ1v) is 9.38. The van der Waals surface area contributed by atoms with Crippen LogP contribution >= 0.6 is 0 Å². The van der Waals surface area contributed by atoms with E-state index in [1.807, 2.05) is 24.3 Å². The number of rotatable bonds is 7. The fraction of sp³-hybridized carbons (Fsp3) is 0.625. The summed E-state index contributed by atoms with van der Waals surface area (Å²) in [6.45, 7) is 3.75. The first-order chi connectivity index (χ1) is 10.0. The van der Waals surface area contributed by atoms with Gasteiger partial charge < -0.3 is 5.32 Å². The maximum atomic E-state index is 12.5. The van der Waals surface area contributed by atoms with Crippen molar-refractivity contribution >= 4 is 10.0 Å². The highest BCUT2D eigenvalue weighted by Crippen LogP contribution is 2.25. The third kappa shape index (κ3) is 4.53. The molecule has 118 valence electrons. The summed E-state index contributed by atoms with van der Waals surface area (Å²) in [5, 5.41) is 3.26. The Hall–Kier alpha value is -0.910. The van der Waals surface area contributed by atoms with Crippen molar-refractivity contribution < 1.29 is 8.42 Å². The van der Waals surface area contributed by atoms with E-state index in [1.54, 1.807) is 11.4 Å². The third-order valence-corrected chi connectivity index (χ3v) is 6.07. The van der Waals surface area contributed by atoms with Gasteiger partial charge in [0.25, 0.3) is 0 Å². The molecule has 0 amide bonds. The molecule has 5 heteroatoms. The summed E-state index contributed by atoms with van der Waals surface area (Å²) < 4.78 is 26.6. The molecule has 1 aliphatic rings. The molecule has 0 spiro atoms. The fourth-order valence-electron chi connectivity index (χ4n) is 2.91. The second-order valence-corrected chi connectivity index (χ2v) is 7.84. The van der Waals surface area contributed by atoms with Crippen LogP contribution in [0.1, 0.15) is 43.7 Å². The van der Waals surface area contributed by atoms with Crippen LogP contribution < -0.4 is 5.32 Å². The zero-order valence-electron chi connectivity index (χ0n) is 13.0. The average Bonchev–Trinajstić information content (AvgIpc) is 2.98. The predicted octanol–water partition coefficient (Wildman–Crippen LogP) is 2.50. The van der Waals surface area contributed by atoms with Crippen molar-refractivity contribution in [3.05, 3.63) is 35.4 Å². The zero-order valence-corrected chi connectivity index (χ0v) is 13.8. The summed E-state index contributed by atoms with van der Waals surface area (Å²) in [5.41, 5.74) is 2.00. The minimum absolute atomic E-state index is 0.0972. The lowest BCUT2D eigenvalue weighted by Gasteiger charge is -2.23. The Morgan fingerprint density at radius 1 is 1.24 bits per heavy atom. The summed E-state index contributed by atoms with van der Waals surface area (Å²) >= 11 is 0. The van der Waals surface area contributed by atoms with E-state index < -0.39 is 10.0 Å². The second kappa shape index (κ2) is 7.38. The molecule has 2 rings (SSSR count). The molecule has 1 N–H and O–H groups in total. The normalized spacial score (nSPS) is 16.7. The van der Waals surface area contributed by atoms with Gasteiger partial charge in [0.15, 0.2) is 0 Å². The number of sulfonamides is 1. The van der Waals surface area contributed by atoms with Crippen molar-refractivity contribution in [1.29, 1.82) is 0 Å². The number of nitrogens with one attached hydrogen (secondary N) is 1. The molecule has 1 aliphatic carbocycles. The van der Waals surface area contributed by atoms with E-state index in [-0.39, 0.29) is 11.8 Å². The van der Waals surface area contributed by atoms with Crippen LogP contribution in [0.2, 0.25) is 0 Å². The molecule has 0 radical (unpaired) electrons. The van der Waals surface area contributed by atoms with Gasteiger partial charge in [-0.1, -0.05) is 44.0 Å². The van der Waals surface area contributed by atoms with Crippen LogP contribution in [0.3, 0.4) is 0 Å². The van der Waals surface area contributed by atoms with Crippen LogP contribution in [-0.4, -0.2) is 32.4 Å². The van der Waals surface area contributed by atoms with Gasteiger partial charge in [-0.2, -0.15) is 0 Å². The Balaban J connectivity index is 2.05. The minimum Gasteiger partial charge on any atom is -0.313 e. The first-order valence-electron chi connectivity index (χ1n) is 7.77. The predicted molar refractivity (Wildman–Crippen MR) is 86.5 cm³/mol. The highest BCUT2D eigenvalue weighted by Gasteiger charge is 2.28. The smallest absolute Gasteiger partial charge is 0.218 e. The third-order valence-electron chi connectivity index (χ3n) is 4.20. The van der Waals surface area contributed by atoms with Crippen molar-refractivity contribution in [2.75, 3.05) is 13.6 Å². The molecule has 0 saturated heterocycles. The van der Waals surface area contributed by atoms with Crippen molar-refractivity contribution in [3.63, 3.8) is 0 Å². The van der Waals surface area contributed by atoms with Gasteiger partial charge in [0.2, 0.25) is 10.0 Å². The average molecular weight is 310 g/mol. The highest BCUT2D eigenvalue weighted by atomic mass is 32.2. The molecular weight excluding hydrogens is 284 g/mol. The van der Waals surface area contributed by atoms with Crippen LogP contribution in [0, 0.1) is 0 Å². The molecule has 1 aromatic carbocycles. The van der Waals surface area contributed by atoms with Gasteiger partial charge in [0.1, 0.15) is 0 Å². The number of hydrogen-bond donors (Lipinski definition) is 1. The van der Waals surface area contributed by atoms with Crippen molar-refractivity contribution in [3.8, 4) is 0 Å². The van der Waals surface area contributed by atoms with E-state index in [9.17, 15) is 8.42 Å². The topological polar surface area (TPSA) is 49.4 Å². The Morgan fingerprint density at radius 2 is 1.90 bits per heavy atom. The molecule has 21 heavy (non-hydrogen) atoms. The van der Waals surface area contributed by atoms with E-state index in [2.05, 4.69) is 12.2 Å². The zero-order chi connectivity index (χ0) is 15.3. The standard InChI is InChI=1S/C16H26N2O2S/c1-3-17-12-14-7-6-8-15(11-14)13-21(19,20)18(2)16-9-4-5-10-16/h6-8,11,16-17H,3-5,9-10,12-13H2,1-2H3. The van der Waals surface area contributed by atoms with E-state index >= 15 is 0 Å². The molecule has 1 fully saturated rings. The van der Waals surface area contributed by atoms with Gasteiger partial charge >= 0.3 is 0 Å². The Labute approximate surface area is 128 Å². The van der Waals surface area contributed by atoms with E-state index in [0.717, 1.165) is 49.9 Å². The molecule has 0 aliphatic heterocycles. The van der Waals surface area contributed by atoms with E-state index in [4.69, 9.17) is 0 Å². The lowest BCUT2D eigenvalue weighted by molar-refractivity contribution is 0.372. The van der Waals surface area contributed by atoms with Crippen LogP contribution in [-0.2, 0) is 22.3 Å². The molecule has 0 bridgehead atoms. The quantitative estimate of drug-likeness (QED) is 0.842. The molecule has 1 saturated carbocycles.